The lowest BCUT2D eigenvalue weighted by atomic mass is 10.1. The zero-order chi connectivity index (χ0) is 17.5. The highest BCUT2D eigenvalue weighted by Crippen LogP contribution is 2.25. The second kappa shape index (κ2) is 11.3. The van der Waals surface area contributed by atoms with Crippen LogP contribution in [0.15, 0.2) is 23.2 Å². The number of ether oxygens (including phenoxy) is 1. The van der Waals surface area contributed by atoms with Crippen LogP contribution in [0.1, 0.15) is 18.5 Å². The Balaban J connectivity index is 0.00000529. The van der Waals surface area contributed by atoms with E-state index in [1.54, 1.807) is 12.1 Å². The van der Waals surface area contributed by atoms with Crippen LogP contribution in [0.4, 0.5) is 0 Å². The maximum Gasteiger partial charge on any atom is 0.189 e. The van der Waals surface area contributed by atoms with Gasteiger partial charge in [0.1, 0.15) is 9.84 Å². The quantitative estimate of drug-likeness (QED) is 0.243. The van der Waals surface area contributed by atoms with Gasteiger partial charge in [0.05, 0.1) is 31.6 Å². The molecule has 138 valence electrons. The molecule has 0 amide bonds. The molecule has 1 rings (SSSR count). The predicted molar refractivity (Wildman–Crippen MR) is 110 cm³/mol. The van der Waals surface area contributed by atoms with Gasteiger partial charge >= 0.3 is 0 Å². The van der Waals surface area contributed by atoms with Crippen LogP contribution in [0, 0.1) is 0 Å². The lowest BCUT2D eigenvalue weighted by Gasteiger charge is -2.16. The number of halogens is 3. The Labute approximate surface area is 170 Å². The molecule has 24 heavy (non-hydrogen) atoms. The Hall–Kier alpha value is -0.290. The lowest BCUT2D eigenvalue weighted by molar-refractivity contribution is 0.157. The van der Waals surface area contributed by atoms with Crippen molar-refractivity contribution in [2.75, 3.05) is 31.8 Å². The Kier molecular flexibility index (Phi) is 11.2. The van der Waals surface area contributed by atoms with Gasteiger partial charge in [-0.2, -0.15) is 0 Å². The normalized spacial score (nSPS) is 13.2. The van der Waals surface area contributed by atoms with E-state index >= 15 is 0 Å². The van der Waals surface area contributed by atoms with Crippen LogP contribution in [0.25, 0.3) is 0 Å². The summed E-state index contributed by atoms with van der Waals surface area (Å²) in [5, 5.41) is 4.14. The fraction of sp³-hybridized carbons (Fsp3) is 0.500. The summed E-state index contributed by atoms with van der Waals surface area (Å²) >= 11 is 12.0. The predicted octanol–water partition coefficient (Wildman–Crippen LogP) is 2.64. The highest BCUT2D eigenvalue weighted by molar-refractivity contribution is 14.0. The summed E-state index contributed by atoms with van der Waals surface area (Å²) in [6.07, 6.45) is 1.17. The van der Waals surface area contributed by atoms with Gasteiger partial charge in [0.15, 0.2) is 5.96 Å². The Morgan fingerprint density at radius 1 is 1.38 bits per heavy atom. The molecule has 1 aromatic carbocycles. The van der Waals surface area contributed by atoms with Gasteiger partial charge in [-0.15, -0.1) is 24.0 Å². The van der Waals surface area contributed by atoms with Crippen LogP contribution >= 0.6 is 47.2 Å². The molecule has 0 bridgehead atoms. The molecule has 0 aliphatic heterocycles. The zero-order valence-electron chi connectivity index (χ0n) is 13.5. The van der Waals surface area contributed by atoms with Gasteiger partial charge in [-0.05, 0) is 24.6 Å². The molecule has 6 nitrogen and oxygen atoms in total. The van der Waals surface area contributed by atoms with E-state index in [2.05, 4.69) is 10.3 Å². The summed E-state index contributed by atoms with van der Waals surface area (Å²) in [5.41, 5.74) is 6.65. The molecule has 0 spiro atoms. The van der Waals surface area contributed by atoms with Crippen LogP contribution in [0.3, 0.4) is 0 Å². The average molecular weight is 510 g/mol. The topological polar surface area (TPSA) is 93.8 Å². The van der Waals surface area contributed by atoms with E-state index in [0.717, 1.165) is 5.56 Å². The fourth-order valence-electron chi connectivity index (χ4n) is 1.74. The van der Waals surface area contributed by atoms with Crippen molar-refractivity contribution in [3.8, 4) is 0 Å². The first-order valence-electron chi connectivity index (χ1n) is 6.96. The number of nitrogens with two attached hydrogens (primary N) is 1. The third kappa shape index (κ3) is 9.87. The molecule has 0 saturated heterocycles. The highest BCUT2D eigenvalue weighted by Gasteiger charge is 2.10. The minimum atomic E-state index is -3.00. The van der Waals surface area contributed by atoms with Crippen molar-refractivity contribution in [1.29, 1.82) is 0 Å². The molecule has 1 unspecified atom stereocenters. The third-order valence-corrected chi connectivity index (χ3v) is 4.38. The summed E-state index contributed by atoms with van der Waals surface area (Å²) < 4.78 is 27.0. The number of nitrogens with zero attached hydrogens (tertiary/aromatic N) is 1. The second-order valence-electron chi connectivity index (χ2n) is 5.04. The molecule has 1 aromatic rings. The van der Waals surface area contributed by atoms with Gasteiger partial charge in [0, 0.05) is 16.3 Å². The molecule has 1 atom stereocenters. The Morgan fingerprint density at radius 2 is 2.04 bits per heavy atom. The molecule has 3 N–H and O–H groups in total. The van der Waals surface area contributed by atoms with Gasteiger partial charge in [-0.25, -0.2) is 8.42 Å². The number of benzene rings is 1. The monoisotopic (exact) mass is 509 g/mol. The summed E-state index contributed by atoms with van der Waals surface area (Å²) in [4.78, 5) is 4.11. The van der Waals surface area contributed by atoms with E-state index in [-0.39, 0.29) is 48.3 Å². The molecule has 0 aliphatic carbocycles. The van der Waals surface area contributed by atoms with Gasteiger partial charge in [-0.3, -0.25) is 4.99 Å². The van der Waals surface area contributed by atoms with Gasteiger partial charge < -0.3 is 15.8 Å². The number of aliphatic imine (C=N–C) groups is 1. The number of guanidine groups is 1. The Bertz CT molecular complexity index is 657. The van der Waals surface area contributed by atoms with Crippen LogP contribution in [0.2, 0.25) is 10.0 Å². The summed E-state index contributed by atoms with van der Waals surface area (Å²) in [7, 11) is -3.00. The molecule has 10 heteroatoms. The number of sulfone groups is 1. The van der Waals surface area contributed by atoms with Gasteiger partial charge in [-0.1, -0.05) is 29.3 Å². The van der Waals surface area contributed by atoms with Gasteiger partial charge in [0.25, 0.3) is 0 Å². The molecule has 0 fully saturated rings. The SMILES string of the molecule is CC(NC(N)=NCCOCCS(C)(=O)=O)c1ccc(Cl)cc1Cl.I. The smallest absolute Gasteiger partial charge is 0.189 e. The van der Waals surface area contributed by atoms with Crippen molar-refractivity contribution in [2.24, 2.45) is 10.7 Å². The van der Waals surface area contributed by atoms with Gasteiger partial charge in [0.2, 0.25) is 0 Å². The van der Waals surface area contributed by atoms with Crippen molar-refractivity contribution in [2.45, 2.75) is 13.0 Å². The van der Waals surface area contributed by atoms with E-state index < -0.39 is 9.84 Å². The van der Waals surface area contributed by atoms with E-state index in [1.807, 2.05) is 13.0 Å². The first-order valence-corrected chi connectivity index (χ1v) is 9.77. The largest absolute Gasteiger partial charge is 0.378 e. The van der Waals surface area contributed by atoms with Crippen LogP contribution in [0.5, 0.6) is 0 Å². The van der Waals surface area contributed by atoms with Crippen molar-refractivity contribution >= 4 is 63.0 Å². The van der Waals surface area contributed by atoms with Crippen molar-refractivity contribution in [3.63, 3.8) is 0 Å². The number of rotatable bonds is 8. The summed E-state index contributed by atoms with van der Waals surface area (Å²) in [5.74, 6) is 0.256. The zero-order valence-corrected chi connectivity index (χ0v) is 18.1. The standard InChI is InChI=1S/C14H21Cl2N3O3S.HI/c1-10(12-4-3-11(15)9-13(12)16)19-14(17)18-5-6-22-7-8-23(2,20)21;/h3-4,9-10H,5-8H2,1-2H3,(H3,17,18,19);1H. The number of nitrogens with one attached hydrogen (secondary N) is 1. The van der Waals surface area contributed by atoms with Crippen LogP contribution in [-0.4, -0.2) is 46.1 Å². The number of hydrogen-bond donors (Lipinski definition) is 2. The first kappa shape index (κ1) is 23.7. The molecule has 0 aromatic heterocycles. The maximum atomic E-state index is 10.9. The average Bonchev–Trinajstić information content (AvgIpc) is 2.41. The maximum absolute atomic E-state index is 10.9. The molecule has 0 saturated carbocycles. The van der Waals surface area contributed by atoms with Crippen molar-refractivity contribution in [3.05, 3.63) is 33.8 Å². The van der Waals surface area contributed by atoms with Crippen molar-refractivity contribution in [1.82, 2.24) is 5.32 Å². The lowest BCUT2D eigenvalue weighted by Crippen LogP contribution is -2.34. The fourth-order valence-corrected chi connectivity index (χ4v) is 2.73. The minimum absolute atomic E-state index is 0. The van der Waals surface area contributed by atoms with E-state index in [9.17, 15) is 8.42 Å². The van der Waals surface area contributed by atoms with E-state index in [4.69, 9.17) is 33.7 Å². The summed E-state index contributed by atoms with van der Waals surface area (Å²) in [6, 6.07) is 5.11. The molecule has 0 aliphatic rings. The Morgan fingerprint density at radius 3 is 2.62 bits per heavy atom. The molecule has 0 radical (unpaired) electrons. The molecular weight excluding hydrogens is 488 g/mol. The van der Waals surface area contributed by atoms with Crippen LogP contribution < -0.4 is 11.1 Å². The first-order chi connectivity index (χ1) is 10.7. The van der Waals surface area contributed by atoms with Crippen molar-refractivity contribution < 1.29 is 13.2 Å². The minimum Gasteiger partial charge on any atom is -0.378 e. The highest BCUT2D eigenvalue weighted by atomic mass is 127. The molecular formula is C14H22Cl2IN3O3S. The second-order valence-corrected chi connectivity index (χ2v) is 8.14. The number of hydrogen-bond acceptors (Lipinski definition) is 4. The van der Waals surface area contributed by atoms with E-state index in [1.165, 1.54) is 6.26 Å². The molecule has 0 heterocycles. The summed E-state index contributed by atoms with van der Waals surface area (Å²) in [6.45, 7) is 2.69. The van der Waals surface area contributed by atoms with E-state index in [0.29, 0.717) is 23.2 Å². The third-order valence-electron chi connectivity index (χ3n) is 2.91. The van der Waals surface area contributed by atoms with Crippen LogP contribution in [-0.2, 0) is 14.6 Å².